The number of nitrogens with one attached hydrogen (secondary N) is 1. The maximum absolute atomic E-state index is 14.5. The van der Waals surface area contributed by atoms with E-state index < -0.39 is 0 Å². The van der Waals surface area contributed by atoms with Crippen LogP contribution in [0.1, 0.15) is 35.6 Å². The lowest BCUT2D eigenvalue weighted by Gasteiger charge is -2.22. The van der Waals surface area contributed by atoms with E-state index in [-0.39, 0.29) is 17.3 Å². The minimum atomic E-state index is -0.252. The van der Waals surface area contributed by atoms with Gasteiger partial charge in [-0.3, -0.25) is 0 Å². The molecule has 3 aliphatic rings. The molecule has 1 aromatic carbocycles. The van der Waals surface area contributed by atoms with Crippen molar-refractivity contribution in [2.24, 2.45) is 11.1 Å². The molecule has 2 atom stereocenters. The van der Waals surface area contributed by atoms with Crippen molar-refractivity contribution in [1.29, 1.82) is 0 Å². The third kappa shape index (κ3) is 2.94. The molecule has 1 spiro atoms. The molecule has 0 unspecified atom stereocenters. The molecule has 4 heterocycles. The zero-order valence-electron chi connectivity index (χ0n) is 19.1. The van der Waals surface area contributed by atoms with Crippen molar-refractivity contribution in [3.8, 4) is 11.1 Å². The lowest BCUT2D eigenvalue weighted by atomic mass is 10.0. The van der Waals surface area contributed by atoms with Gasteiger partial charge < -0.3 is 16.0 Å². The van der Waals surface area contributed by atoms with Crippen LogP contribution >= 0.6 is 0 Å². The van der Waals surface area contributed by atoms with E-state index in [0.29, 0.717) is 12.8 Å². The number of nitrogens with two attached hydrogens (primary N) is 1. The van der Waals surface area contributed by atoms with E-state index in [0.717, 1.165) is 76.9 Å². The predicted octanol–water partition coefficient (Wildman–Crippen LogP) is 3.39. The van der Waals surface area contributed by atoms with E-state index in [2.05, 4.69) is 16.3 Å². The van der Waals surface area contributed by atoms with Gasteiger partial charge in [-0.2, -0.15) is 5.10 Å². The Balaban J connectivity index is 1.34. The highest BCUT2D eigenvalue weighted by molar-refractivity contribution is 5.88. The number of fused-ring (bicyclic) bond motifs is 4. The van der Waals surface area contributed by atoms with Crippen molar-refractivity contribution < 1.29 is 4.39 Å². The Morgan fingerprint density at radius 3 is 2.88 bits per heavy atom. The summed E-state index contributed by atoms with van der Waals surface area (Å²) in [6.07, 6.45) is 5.30. The minimum Gasteiger partial charge on any atom is -0.388 e. The molecular formula is C26H26FN7. The molecule has 3 N–H and O–H groups in total. The van der Waals surface area contributed by atoms with E-state index >= 15 is 0 Å². The number of hydrogen-bond acceptors (Lipinski definition) is 6. The normalized spacial score (nSPS) is 22.4. The Labute approximate surface area is 196 Å². The largest absolute Gasteiger partial charge is 0.388 e. The van der Waals surface area contributed by atoms with E-state index in [4.69, 9.17) is 20.8 Å². The van der Waals surface area contributed by atoms with Crippen LogP contribution in [-0.2, 0) is 12.8 Å². The Morgan fingerprint density at radius 2 is 2.12 bits per heavy atom. The van der Waals surface area contributed by atoms with E-state index in [1.54, 1.807) is 12.1 Å². The molecule has 0 amide bonds. The van der Waals surface area contributed by atoms with Crippen LogP contribution in [0, 0.1) is 11.2 Å². The molecule has 3 aromatic heterocycles. The van der Waals surface area contributed by atoms with Crippen LogP contribution in [0.2, 0.25) is 0 Å². The summed E-state index contributed by atoms with van der Waals surface area (Å²) >= 11 is 0. The smallest absolute Gasteiger partial charge is 0.140 e. The van der Waals surface area contributed by atoms with Crippen LogP contribution < -0.4 is 16.0 Å². The lowest BCUT2D eigenvalue weighted by Crippen LogP contribution is -2.25. The van der Waals surface area contributed by atoms with Gasteiger partial charge in [0.2, 0.25) is 0 Å². The first-order chi connectivity index (χ1) is 16.5. The predicted molar refractivity (Wildman–Crippen MR) is 130 cm³/mol. The van der Waals surface area contributed by atoms with Gasteiger partial charge in [0.15, 0.2) is 0 Å². The molecule has 7 rings (SSSR count). The summed E-state index contributed by atoms with van der Waals surface area (Å²) in [4.78, 5) is 12.4. The average molecular weight is 456 g/mol. The molecule has 8 heteroatoms. The third-order valence-corrected chi connectivity index (χ3v) is 7.81. The number of nitrogens with zero attached hydrogens (tertiary/aromatic N) is 5. The second-order valence-electron chi connectivity index (χ2n) is 9.92. The second-order valence-corrected chi connectivity index (χ2v) is 9.92. The molecule has 1 saturated carbocycles. The molecule has 1 saturated heterocycles. The molecule has 4 aromatic rings. The second kappa shape index (κ2) is 6.99. The number of anilines is 2. The maximum Gasteiger partial charge on any atom is 0.140 e. The molecule has 34 heavy (non-hydrogen) atoms. The van der Waals surface area contributed by atoms with Gasteiger partial charge in [-0.05, 0) is 54.3 Å². The quantitative estimate of drug-likeness (QED) is 0.432. The Kier molecular flexibility index (Phi) is 4.09. The van der Waals surface area contributed by atoms with Crippen molar-refractivity contribution in [2.75, 3.05) is 30.4 Å². The number of rotatable bonds is 4. The van der Waals surface area contributed by atoms with Gasteiger partial charge in [-0.15, -0.1) is 0 Å². The van der Waals surface area contributed by atoms with Crippen molar-refractivity contribution in [3.05, 3.63) is 71.2 Å². The number of hydrogen-bond donors (Lipinski definition) is 2. The van der Waals surface area contributed by atoms with Crippen LogP contribution in [0.25, 0.3) is 16.6 Å². The molecule has 7 nitrogen and oxygen atoms in total. The Bertz CT molecular complexity index is 1430. The highest BCUT2D eigenvalue weighted by Crippen LogP contribution is 2.54. The van der Waals surface area contributed by atoms with Crippen molar-refractivity contribution in [2.45, 2.75) is 31.7 Å². The van der Waals surface area contributed by atoms with Gasteiger partial charge in [0.1, 0.15) is 17.5 Å². The van der Waals surface area contributed by atoms with Crippen molar-refractivity contribution in [1.82, 2.24) is 19.6 Å². The molecule has 0 bridgehead atoms. The van der Waals surface area contributed by atoms with Crippen molar-refractivity contribution in [3.63, 3.8) is 0 Å². The van der Waals surface area contributed by atoms with Crippen LogP contribution in [0.15, 0.2) is 42.6 Å². The first-order valence-corrected chi connectivity index (χ1v) is 11.9. The highest BCUT2D eigenvalue weighted by Gasteiger charge is 2.56. The molecule has 1 aliphatic heterocycles. The third-order valence-electron chi connectivity index (χ3n) is 7.81. The zero-order chi connectivity index (χ0) is 23.0. The maximum atomic E-state index is 14.5. The van der Waals surface area contributed by atoms with Crippen LogP contribution in [0.3, 0.4) is 0 Å². The summed E-state index contributed by atoms with van der Waals surface area (Å²) < 4.78 is 16.4. The molecule has 172 valence electrons. The van der Waals surface area contributed by atoms with Gasteiger partial charge in [0.05, 0.1) is 23.3 Å². The fraction of sp³-hybridized carbons (Fsp3) is 0.346. The first-order valence-electron chi connectivity index (χ1n) is 11.9. The molecule has 2 aliphatic carbocycles. The fourth-order valence-corrected chi connectivity index (χ4v) is 5.86. The van der Waals surface area contributed by atoms with Crippen LogP contribution in [0.4, 0.5) is 15.9 Å². The number of aromatic nitrogens is 4. The van der Waals surface area contributed by atoms with Gasteiger partial charge in [-0.1, -0.05) is 6.07 Å². The fourth-order valence-electron chi connectivity index (χ4n) is 5.86. The average Bonchev–Trinajstić information content (AvgIpc) is 3.22. The highest BCUT2D eigenvalue weighted by atomic mass is 19.1. The van der Waals surface area contributed by atoms with E-state index in [1.807, 2.05) is 36.0 Å². The summed E-state index contributed by atoms with van der Waals surface area (Å²) in [6, 6.07) is 11.5. The summed E-state index contributed by atoms with van der Waals surface area (Å²) in [5.74, 6) is 1.40. The Morgan fingerprint density at radius 1 is 1.24 bits per heavy atom. The number of halogens is 1. The number of benzene rings is 1. The first kappa shape index (κ1) is 19.9. The van der Waals surface area contributed by atoms with Crippen LogP contribution in [-0.4, -0.2) is 45.8 Å². The minimum absolute atomic E-state index is 0.207. The summed E-state index contributed by atoms with van der Waals surface area (Å²) in [5, 5.41) is 7.86. The number of pyridine rings is 1. The van der Waals surface area contributed by atoms with Gasteiger partial charge in [-0.25, -0.2) is 18.9 Å². The lowest BCUT2D eigenvalue weighted by molar-refractivity contribution is 0.553. The monoisotopic (exact) mass is 455 g/mol. The van der Waals surface area contributed by atoms with Gasteiger partial charge in [0.25, 0.3) is 0 Å². The topological polar surface area (TPSA) is 84.4 Å². The molecule has 2 fully saturated rings. The van der Waals surface area contributed by atoms with Crippen LogP contribution in [0.5, 0.6) is 0 Å². The van der Waals surface area contributed by atoms with Gasteiger partial charge in [0, 0.05) is 55.5 Å². The standard InChI is InChI=1S/C26H26FN7/c1-29-20-9-15(27)8-19-18(20)12-21-24(19)25(33-7-5-26(14-33)13-22(26)28)31-23(30-21)11-16-10-17-4-2-3-6-34(17)32-16/h2-4,6,8-10,22,29H,5,7,11-14,28H2,1H3/t22-,26-/m1/s1. The molecule has 0 radical (unpaired) electrons. The molecular weight excluding hydrogens is 429 g/mol. The van der Waals surface area contributed by atoms with Crippen molar-refractivity contribution >= 4 is 17.0 Å². The van der Waals surface area contributed by atoms with E-state index in [1.165, 1.54) is 0 Å². The summed E-state index contributed by atoms with van der Waals surface area (Å²) in [5.41, 5.74) is 13.2. The summed E-state index contributed by atoms with van der Waals surface area (Å²) in [7, 11) is 1.83. The van der Waals surface area contributed by atoms with E-state index in [9.17, 15) is 4.39 Å². The van der Waals surface area contributed by atoms with Gasteiger partial charge >= 0.3 is 0 Å². The summed E-state index contributed by atoms with van der Waals surface area (Å²) in [6.45, 7) is 1.81. The Hall–Kier alpha value is -3.52. The SMILES string of the molecule is CNc1cc(F)cc2c1Cc1nc(Cc3cc4ccccn4n3)nc(N3CC[C@@]4(C[C@H]4N)C3)c1-2. The zero-order valence-corrected chi connectivity index (χ0v) is 19.1.